The van der Waals surface area contributed by atoms with Crippen LogP contribution in [0.2, 0.25) is 0 Å². The Balaban J connectivity index is 1.96. The maximum absolute atomic E-state index is 6.09. The molecule has 2 rings (SSSR count). The molecule has 0 N–H and O–H groups in total. The van der Waals surface area contributed by atoms with Gasteiger partial charge in [0.25, 0.3) is 0 Å². The normalized spacial score (nSPS) is 36.6. The van der Waals surface area contributed by atoms with Gasteiger partial charge in [-0.25, -0.2) is 0 Å². The molecule has 1 fully saturated rings. The molecule has 1 aliphatic rings. The molecule has 100 valence electrons. The summed E-state index contributed by atoms with van der Waals surface area (Å²) >= 11 is 0. The Bertz CT molecular complexity index is 363. The molecule has 0 aliphatic carbocycles. The molecule has 5 unspecified atom stereocenters. The van der Waals surface area contributed by atoms with Crippen molar-refractivity contribution in [3.8, 4) is 0 Å². The predicted molar refractivity (Wildman–Crippen MR) is 73.4 cm³/mol. The van der Waals surface area contributed by atoms with Crippen molar-refractivity contribution in [3.63, 3.8) is 0 Å². The van der Waals surface area contributed by atoms with E-state index in [4.69, 9.17) is 9.47 Å². The van der Waals surface area contributed by atoms with Gasteiger partial charge in [-0.15, -0.1) is 0 Å². The first-order valence-corrected chi connectivity index (χ1v) is 6.90. The largest absolute Gasteiger partial charge is 0.373 e. The predicted octanol–water partition coefficient (Wildman–Crippen LogP) is 3.65. The molecule has 0 saturated carbocycles. The average molecular weight is 248 g/mol. The topological polar surface area (TPSA) is 18.5 Å². The first-order chi connectivity index (χ1) is 8.59. The lowest BCUT2D eigenvalue weighted by molar-refractivity contribution is -0.178. The molecule has 2 heteroatoms. The first kappa shape index (κ1) is 13.6. The zero-order valence-electron chi connectivity index (χ0n) is 11.8. The third kappa shape index (κ3) is 2.93. The summed E-state index contributed by atoms with van der Waals surface area (Å²) < 4.78 is 12.0. The van der Waals surface area contributed by atoms with Crippen LogP contribution >= 0.6 is 0 Å². The van der Waals surface area contributed by atoms with Crippen LogP contribution in [0.3, 0.4) is 0 Å². The lowest BCUT2D eigenvalue weighted by atomic mass is 9.82. The summed E-state index contributed by atoms with van der Waals surface area (Å²) in [5.74, 6) is 1.08. The Morgan fingerprint density at radius 1 is 0.944 bits per heavy atom. The summed E-state index contributed by atoms with van der Waals surface area (Å²) in [4.78, 5) is 0. The molecule has 0 radical (unpaired) electrons. The van der Waals surface area contributed by atoms with Gasteiger partial charge in [-0.2, -0.15) is 0 Å². The van der Waals surface area contributed by atoms with E-state index in [1.807, 2.05) is 18.2 Å². The van der Waals surface area contributed by atoms with Gasteiger partial charge in [0, 0.05) is 0 Å². The molecule has 0 amide bonds. The molecule has 0 spiro atoms. The van der Waals surface area contributed by atoms with Gasteiger partial charge >= 0.3 is 0 Å². The second-order valence-corrected chi connectivity index (χ2v) is 5.53. The van der Waals surface area contributed by atoms with Gasteiger partial charge in [0.05, 0.1) is 24.9 Å². The highest BCUT2D eigenvalue weighted by Gasteiger charge is 2.37. The fraction of sp³-hybridized carbons (Fsp3) is 0.625. The van der Waals surface area contributed by atoms with Crippen molar-refractivity contribution in [1.82, 2.24) is 0 Å². The highest BCUT2D eigenvalue weighted by atomic mass is 16.5. The van der Waals surface area contributed by atoms with E-state index in [9.17, 15) is 0 Å². The van der Waals surface area contributed by atoms with E-state index in [0.29, 0.717) is 24.5 Å². The van der Waals surface area contributed by atoms with E-state index < -0.39 is 0 Å². The van der Waals surface area contributed by atoms with Gasteiger partial charge in [0.2, 0.25) is 0 Å². The molecule has 1 aliphatic heterocycles. The quantitative estimate of drug-likeness (QED) is 0.813. The average Bonchev–Trinajstić information content (AvgIpc) is 2.37. The molecule has 1 aromatic rings. The lowest BCUT2D eigenvalue weighted by Gasteiger charge is -2.42. The molecular formula is C16H24O2. The number of rotatable bonds is 3. The smallest absolute Gasteiger partial charge is 0.0867 e. The molecule has 0 aromatic heterocycles. The minimum atomic E-state index is 0.176. The number of hydrogen-bond acceptors (Lipinski definition) is 2. The van der Waals surface area contributed by atoms with Crippen molar-refractivity contribution in [2.75, 3.05) is 0 Å². The van der Waals surface area contributed by atoms with Crippen LogP contribution in [0.15, 0.2) is 30.3 Å². The molecule has 1 saturated heterocycles. The Kier molecular flexibility index (Phi) is 4.41. The second kappa shape index (κ2) is 5.85. The maximum Gasteiger partial charge on any atom is 0.0867 e. The van der Waals surface area contributed by atoms with Crippen molar-refractivity contribution < 1.29 is 9.47 Å². The van der Waals surface area contributed by atoms with E-state index in [1.54, 1.807) is 0 Å². The summed E-state index contributed by atoms with van der Waals surface area (Å²) in [6.07, 6.45) is 0.692. The number of benzene rings is 1. The van der Waals surface area contributed by atoms with Gasteiger partial charge in [0.1, 0.15) is 0 Å². The molecule has 0 bridgehead atoms. The summed E-state index contributed by atoms with van der Waals surface area (Å²) in [5.41, 5.74) is 1.23. The summed E-state index contributed by atoms with van der Waals surface area (Å²) in [6.45, 7) is 9.47. The molecule has 5 atom stereocenters. The Morgan fingerprint density at radius 2 is 1.61 bits per heavy atom. The molecule has 1 heterocycles. The van der Waals surface area contributed by atoms with Gasteiger partial charge in [-0.05, 0) is 31.2 Å². The standard InChI is InChI=1S/C16H24O2/c1-11-12(2)16(14(4)18-13(11)3)17-10-15-8-6-5-7-9-15/h5-9,11-14,16H,10H2,1-4H3. The minimum absolute atomic E-state index is 0.176. The number of hydrogen-bond donors (Lipinski definition) is 0. The zero-order chi connectivity index (χ0) is 13.1. The van der Waals surface area contributed by atoms with E-state index in [0.717, 1.165) is 0 Å². The minimum Gasteiger partial charge on any atom is -0.373 e. The van der Waals surface area contributed by atoms with Crippen LogP contribution in [0.4, 0.5) is 0 Å². The Labute approximate surface area is 110 Å². The van der Waals surface area contributed by atoms with Gasteiger partial charge in [-0.3, -0.25) is 0 Å². The van der Waals surface area contributed by atoms with Gasteiger partial charge in [0.15, 0.2) is 0 Å². The zero-order valence-corrected chi connectivity index (χ0v) is 11.8. The maximum atomic E-state index is 6.09. The van der Waals surface area contributed by atoms with Crippen LogP contribution in [0.1, 0.15) is 33.3 Å². The van der Waals surface area contributed by atoms with E-state index >= 15 is 0 Å². The van der Waals surface area contributed by atoms with Crippen molar-refractivity contribution in [1.29, 1.82) is 0 Å². The molecular weight excluding hydrogens is 224 g/mol. The fourth-order valence-electron chi connectivity index (χ4n) is 2.75. The van der Waals surface area contributed by atoms with E-state index in [2.05, 4.69) is 39.8 Å². The summed E-state index contributed by atoms with van der Waals surface area (Å²) in [5, 5.41) is 0. The Hall–Kier alpha value is -0.860. The lowest BCUT2D eigenvalue weighted by Crippen LogP contribution is -2.48. The monoisotopic (exact) mass is 248 g/mol. The van der Waals surface area contributed by atoms with Crippen LogP contribution in [-0.2, 0) is 16.1 Å². The van der Waals surface area contributed by atoms with E-state index in [-0.39, 0.29) is 12.2 Å². The molecule has 18 heavy (non-hydrogen) atoms. The van der Waals surface area contributed by atoms with Crippen molar-refractivity contribution in [2.24, 2.45) is 11.8 Å². The fourth-order valence-corrected chi connectivity index (χ4v) is 2.75. The highest BCUT2D eigenvalue weighted by Crippen LogP contribution is 2.32. The third-order valence-corrected chi connectivity index (χ3v) is 4.27. The molecule has 2 nitrogen and oxygen atoms in total. The summed E-state index contributed by atoms with van der Waals surface area (Å²) in [6, 6.07) is 10.3. The van der Waals surface area contributed by atoms with Crippen LogP contribution < -0.4 is 0 Å². The van der Waals surface area contributed by atoms with Crippen LogP contribution in [0, 0.1) is 11.8 Å². The molecule has 1 aromatic carbocycles. The summed E-state index contributed by atoms with van der Waals surface area (Å²) in [7, 11) is 0. The van der Waals surface area contributed by atoms with Crippen molar-refractivity contribution in [2.45, 2.75) is 52.6 Å². The Morgan fingerprint density at radius 3 is 2.28 bits per heavy atom. The van der Waals surface area contributed by atoms with Crippen molar-refractivity contribution in [3.05, 3.63) is 35.9 Å². The SMILES string of the molecule is CC1OC(C)C(OCc2ccccc2)C(C)C1C. The van der Waals surface area contributed by atoms with Crippen LogP contribution in [0.25, 0.3) is 0 Å². The second-order valence-electron chi connectivity index (χ2n) is 5.53. The highest BCUT2D eigenvalue weighted by molar-refractivity contribution is 5.13. The van der Waals surface area contributed by atoms with Crippen LogP contribution in [-0.4, -0.2) is 18.3 Å². The van der Waals surface area contributed by atoms with Gasteiger partial charge < -0.3 is 9.47 Å². The number of ether oxygens (including phenoxy) is 2. The van der Waals surface area contributed by atoms with Gasteiger partial charge in [-0.1, -0.05) is 44.2 Å². The third-order valence-electron chi connectivity index (χ3n) is 4.27. The van der Waals surface area contributed by atoms with Crippen LogP contribution in [0.5, 0.6) is 0 Å². The van der Waals surface area contributed by atoms with Crippen molar-refractivity contribution >= 4 is 0 Å². The first-order valence-electron chi connectivity index (χ1n) is 6.90. The van der Waals surface area contributed by atoms with E-state index in [1.165, 1.54) is 5.56 Å².